The van der Waals surface area contributed by atoms with Gasteiger partial charge in [0.05, 0.1) is 7.11 Å². The predicted molar refractivity (Wildman–Crippen MR) is 101 cm³/mol. The zero-order valence-corrected chi connectivity index (χ0v) is 16.5. The van der Waals surface area contributed by atoms with Crippen LogP contribution in [0.15, 0.2) is 24.3 Å². The van der Waals surface area contributed by atoms with Gasteiger partial charge in [0.2, 0.25) is 0 Å². The van der Waals surface area contributed by atoms with Crippen LogP contribution in [0.1, 0.15) is 47.5 Å². The van der Waals surface area contributed by atoms with Gasteiger partial charge in [-0.05, 0) is 55.9 Å². The largest absolute Gasteiger partial charge is 0.497 e. The summed E-state index contributed by atoms with van der Waals surface area (Å²) in [4.78, 5) is 15.2. The summed E-state index contributed by atoms with van der Waals surface area (Å²) in [5.74, 6) is 3.05. The Labute approximate surface area is 152 Å². The van der Waals surface area contributed by atoms with Gasteiger partial charge in [-0.25, -0.2) is 0 Å². The number of hydrogen-bond donors (Lipinski definition) is 0. The Morgan fingerprint density at radius 1 is 1.08 bits per heavy atom. The van der Waals surface area contributed by atoms with Gasteiger partial charge in [0.15, 0.2) is 5.60 Å². The summed E-state index contributed by atoms with van der Waals surface area (Å²) in [5, 5.41) is 0. The van der Waals surface area contributed by atoms with Crippen LogP contribution in [0.3, 0.4) is 0 Å². The smallest absolute Gasteiger partial charge is 0.266 e. The summed E-state index contributed by atoms with van der Waals surface area (Å²) in [5.41, 5.74) is -0.862. The number of amides is 1. The molecule has 0 radical (unpaired) electrons. The lowest BCUT2D eigenvalue weighted by Gasteiger charge is -2.41. The molecule has 2 rings (SSSR count). The van der Waals surface area contributed by atoms with Crippen molar-refractivity contribution >= 4 is 5.91 Å². The van der Waals surface area contributed by atoms with Gasteiger partial charge in [-0.1, -0.05) is 27.7 Å². The van der Waals surface area contributed by atoms with Crippen LogP contribution >= 0.6 is 0 Å². The molecule has 1 fully saturated rings. The molecule has 1 atom stereocenters. The van der Waals surface area contributed by atoms with Crippen LogP contribution in [0.25, 0.3) is 0 Å². The monoisotopic (exact) mass is 347 g/mol. The minimum absolute atomic E-state index is 0.0740. The topological polar surface area (TPSA) is 38.8 Å². The van der Waals surface area contributed by atoms with E-state index in [-0.39, 0.29) is 11.8 Å². The first kappa shape index (κ1) is 19.6. The molecule has 1 saturated heterocycles. The maximum Gasteiger partial charge on any atom is 0.266 e. The van der Waals surface area contributed by atoms with Crippen LogP contribution in [0.4, 0.5) is 0 Å². The minimum Gasteiger partial charge on any atom is -0.497 e. The van der Waals surface area contributed by atoms with E-state index in [1.807, 2.05) is 49.9 Å². The van der Waals surface area contributed by atoms with E-state index in [9.17, 15) is 4.79 Å². The van der Waals surface area contributed by atoms with E-state index in [1.54, 1.807) is 7.11 Å². The van der Waals surface area contributed by atoms with Gasteiger partial charge in [-0.15, -0.1) is 0 Å². The predicted octanol–water partition coefficient (Wildman–Crippen LogP) is 4.38. The fourth-order valence-corrected chi connectivity index (χ4v) is 3.38. The van der Waals surface area contributed by atoms with Crippen molar-refractivity contribution in [2.45, 2.75) is 53.1 Å². The molecule has 1 aromatic carbocycles. The summed E-state index contributed by atoms with van der Waals surface area (Å²) >= 11 is 0. The van der Waals surface area contributed by atoms with Crippen molar-refractivity contribution in [3.63, 3.8) is 0 Å². The lowest BCUT2D eigenvalue weighted by molar-refractivity contribution is -0.152. The van der Waals surface area contributed by atoms with E-state index in [0.717, 1.165) is 37.6 Å². The molecule has 1 heterocycles. The van der Waals surface area contributed by atoms with E-state index in [2.05, 4.69) is 13.8 Å². The van der Waals surface area contributed by atoms with Gasteiger partial charge in [-0.2, -0.15) is 0 Å². The van der Waals surface area contributed by atoms with Crippen LogP contribution in [0, 0.1) is 17.8 Å². The lowest BCUT2D eigenvalue weighted by atomic mass is 9.85. The average molecular weight is 347 g/mol. The van der Waals surface area contributed by atoms with E-state index >= 15 is 0 Å². The first-order valence-electron chi connectivity index (χ1n) is 9.40. The number of carbonyl (C=O) groups excluding carboxylic acids is 1. The highest BCUT2D eigenvalue weighted by Crippen LogP contribution is 2.31. The van der Waals surface area contributed by atoms with Gasteiger partial charge in [0.25, 0.3) is 5.91 Å². The highest BCUT2D eigenvalue weighted by Gasteiger charge is 2.43. The number of hydrogen-bond acceptors (Lipinski definition) is 3. The Kier molecular flexibility index (Phi) is 6.36. The molecule has 4 nitrogen and oxygen atoms in total. The Morgan fingerprint density at radius 3 is 2.04 bits per heavy atom. The third-order valence-electron chi connectivity index (χ3n) is 5.69. The van der Waals surface area contributed by atoms with Gasteiger partial charge >= 0.3 is 0 Å². The number of nitrogens with zero attached hydrogens (tertiary/aromatic N) is 1. The second-order valence-corrected chi connectivity index (χ2v) is 7.91. The highest BCUT2D eigenvalue weighted by molar-refractivity contribution is 5.85. The number of benzene rings is 1. The van der Waals surface area contributed by atoms with Crippen molar-refractivity contribution in [3.8, 4) is 11.5 Å². The van der Waals surface area contributed by atoms with Crippen LogP contribution in [-0.4, -0.2) is 36.6 Å². The summed E-state index contributed by atoms with van der Waals surface area (Å²) in [7, 11) is 1.64. The Balaban J connectivity index is 2.11. The van der Waals surface area contributed by atoms with E-state index in [4.69, 9.17) is 9.47 Å². The average Bonchev–Trinajstić information content (AvgIpc) is 2.61. The molecular formula is C21H33NO3. The third-order valence-corrected chi connectivity index (χ3v) is 5.69. The molecule has 25 heavy (non-hydrogen) atoms. The molecule has 0 aromatic heterocycles. The maximum atomic E-state index is 13.2. The molecule has 0 aliphatic carbocycles. The lowest BCUT2D eigenvalue weighted by Crippen LogP contribution is -2.56. The molecule has 0 spiro atoms. The van der Waals surface area contributed by atoms with Crippen LogP contribution in [0.2, 0.25) is 0 Å². The van der Waals surface area contributed by atoms with E-state index in [0.29, 0.717) is 11.7 Å². The van der Waals surface area contributed by atoms with Crippen molar-refractivity contribution in [2.75, 3.05) is 20.2 Å². The van der Waals surface area contributed by atoms with Gasteiger partial charge in [0.1, 0.15) is 11.5 Å². The molecular weight excluding hydrogens is 314 g/mol. The normalized spacial score (nSPS) is 18.3. The SMILES string of the molecule is COc1ccc(OC(C)(C(=O)N2CCC(C(C)C)CC2)C(C)C)cc1. The summed E-state index contributed by atoms with van der Waals surface area (Å²) in [6.45, 7) is 12.2. The Bertz CT molecular complexity index is 559. The third kappa shape index (κ3) is 4.47. The number of ether oxygens (including phenoxy) is 2. The molecule has 1 aliphatic rings. The minimum atomic E-state index is -0.862. The van der Waals surface area contributed by atoms with E-state index in [1.165, 1.54) is 0 Å². The second kappa shape index (κ2) is 8.11. The number of likely N-dealkylation sites (tertiary alicyclic amines) is 1. The molecule has 1 amide bonds. The second-order valence-electron chi connectivity index (χ2n) is 7.91. The van der Waals surface area contributed by atoms with Crippen LogP contribution in [-0.2, 0) is 4.79 Å². The van der Waals surface area contributed by atoms with Gasteiger partial charge in [-0.3, -0.25) is 4.79 Å². The molecule has 0 bridgehead atoms. The zero-order chi connectivity index (χ0) is 18.6. The van der Waals surface area contributed by atoms with Crippen LogP contribution in [0.5, 0.6) is 11.5 Å². The summed E-state index contributed by atoms with van der Waals surface area (Å²) in [6.07, 6.45) is 2.17. The van der Waals surface area contributed by atoms with Crippen molar-refractivity contribution in [2.24, 2.45) is 17.8 Å². The molecule has 4 heteroatoms. The standard InChI is InChI=1S/C21H33NO3/c1-15(2)17-11-13-22(14-12-17)20(23)21(5,16(3)4)25-19-9-7-18(24-6)8-10-19/h7-10,15-17H,11-14H2,1-6H3. The quantitative estimate of drug-likeness (QED) is 0.766. The van der Waals surface area contributed by atoms with E-state index < -0.39 is 5.60 Å². The molecule has 0 saturated carbocycles. The summed E-state index contributed by atoms with van der Waals surface area (Å²) < 4.78 is 11.4. The van der Waals surface area contributed by atoms with Gasteiger partial charge < -0.3 is 14.4 Å². The highest BCUT2D eigenvalue weighted by atomic mass is 16.5. The number of methoxy groups -OCH3 is 1. The maximum absolute atomic E-state index is 13.2. The number of rotatable bonds is 6. The Hall–Kier alpha value is -1.71. The first-order valence-corrected chi connectivity index (χ1v) is 9.40. The molecule has 1 aliphatic heterocycles. The molecule has 0 N–H and O–H groups in total. The molecule has 1 aromatic rings. The van der Waals surface area contributed by atoms with Crippen LogP contribution < -0.4 is 9.47 Å². The molecule has 140 valence electrons. The van der Waals surface area contributed by atoms with Crippen molar-refractivity contribution in [3.05, 3.63) is 24.3 Å². The number of carbonyl (C=O) groups is 1. The first-order chi connectivity index (χ1) is 11.8. The van der Waals surface area contributed by atoms with Crippen molar-refractivity contribution in [1.29, 1.82) is 0 Å². The summed E-state index contributed by atoms with van der Waals surface area (Å²) in [6, 6.07) is 7.43. The fraction of sp³-hybridized carbons (Fsp3) is 0.667. The van der Waals surface area contributed by atoms with Gasteiger partial charge in [0, 0.05) is 19.0 Å². The zero-order valence-electron chi connectivity index (χ0n) is 16.5. The van der Waals surface area contributed by atoms with Crippen molar-refractivity contribution < 1.29 is 14.3 Å². The van der Waals surface area contributed by atoms with Crippen molar-refractivity contribution in [1.82, 2.24) is 4.90 Å². The molecule has 1 unspecified atom stereocenters. The fourth-order valence-electron chi connectivity index (χ4n) is 3.38. The number of piperidine rings is 1. The Morgan fingerprint density at radius 2 is 1.60 bits per heavy atom.